The Kier molecular flexibility index (Phi) is 7.40. The smallest absolute Gasteiger partial charge is 0.255 e. The Labute approximate surface area is 189 Å². The van der Waals surface area contributed by atoms with E-state index in [-0.39, 0.29) is 17.6 Å². The summed E-state index contributed by atoms with van der Waals surface area (Å²) in [4.78, 5) is 25.7. The molecule has 1 atom stereocenters. The molecule has 2 aromatic carbocycles. The van der Waals surface area contributed by atoms with Crippen LogP contribution in [0.5, 0.6) is 5.75 Å². The first-order chi connectivity index (χ1) is 15.2. The Morgan fingerprint density at radius 3 is 2.38 bits per heavy atom. The van der Waals surface area contributed by atoms with Crippen LogP contribution in [-0.4, -0.2) is 45.2 Å². The Bertz CT molecular complexity index is 1070. The van der Waals surface area contributed by atoms with Crippen LogP contribution in [0, 0.1) is 5.92 Å². The highest BCUT2D eigenvalue weighted by atomic mass is 32.2. The zero-order chi connectivity index (χ0) is 23.3. The molecule has 1 fully saturated rings. The summed E-state index contributed by atoms with van der Waals surface area (Å²) in [6, 6.07) is 12.8. The van der Waals surface area contributed by atoms with Gasteiger partial charge in [0.15, 0.2) is 0 Å². The first kappa shape index (κ1) is 23.6. The van der Waals surface area contributed by atoms with Gasteiger partial charge < -0.3 is 15.4 Å². The molecule has 2 amide bonds. The molecule has 8 nitrogen and oxygen atoms in total. The number of carbonyl (C=O) groups is 2. The summed E-state index contributed by atoms with van der Waals surface area (Å²) >= 11 is 0. The quantitative estimate of drug-likeness (QED) is 0.631. The summed E-state index contributed by atoms with van der Waals surface area (Å²) in [6.07, 6.45) is 0.600. The van der Waals surface area contributed by atoms with Gasteiger partial charge in [-0.25, -0.2) is 8.42 Å². The fraction of sp³-hybridized carbons (Fsp3) is 0.391. The van der Waals surface area contributed by atoms with E-state index in [0.717, 1.165) is 0 Å². The van der Waals surface area contributed by atoms with E-state index in [9.17, 15) is 18.0 Å². The third-order valence-corrected chi connectivity index (χ3v) is 7.06. The van der Waals surface area contributed by atoms with Crippen molar-refractivity contribution in [1.82, 2.24) is 5.32 Å². The highest BCUT2D eigenvalue weighted by molar-refractivity contribution is 7.93. The number of carbonyl (C=O) groups excluding carboxylic acids is 2. The van der Waals surface area contributed by atoms with Crippen LogP contribution in [0.25, 0.3) is 0 Å². The fourth-order valence-corrected chi connectivity index (χ4v) is 5.11. The molecule has 0 spiro atoms. The number of hydrogen-bond donors (Lipinski definition) is 2. The van der Waals surface area contributed by atoms with Crippen LogP contribution in [0.15, 0.2) is 48.5 Å². The number of amides is 2. The maximum absolute atomic E-state index is 12.9. The van der Waals surface area contributed by atoms with E-state index in [0.29, 0.717) is 42.3 Å². The van der Waals surface area contributed by atoms with Crippen LogP contribution in [0.3, 0.4) is 0 Å². The number of anilines is 2. The molecule has 3 rings (SSSR count). The van der Waals surface area contributed by atoms with Crippen LogP contribution >= 0.6 is 0 Å². The lowest BCUT2D eigenvalue weighted by molar-refractivity contribution is -0.118. The van der Waals surface area contributed by atoms with Crippen LogP contribution in [0.2, 0.25) is 0 Å². The molecule has 1 heterocycles. The summed E-state index contributed by atoms with van der Waals surface area (Å²) in [6.45, 7) is 6.41. The largest absolute Gasteiger partial charge is 0.493 e. The molecule has 0 saturated carbocycles. The molecule has 0 aromatic heterocycles. The lowest BCUT2D eigenvalue weighted by atomic mass is 10.0. The third kappa shape index (κ3) is 5.40. The number of ether oxygens (including phenoxy) is 1. The van der Waals surface area contributed by atoms with Crippen molar-refractivity contribution >= 4 is 33.2 Å². The number of hydrogen-bond acceptors (Lipinski definition) is 5. The molecule has 2 N–H and O–H groups in total. The SMILES string of the molecule is CCOc1ccccc1C(=O)N[C@H](C(=O)Nc1ccc(N2CCCS2(=O)=O)cc1)C(C)C. The van der Waals surface area contributed by atoms with Crippen LogP contribution in [-0.2, 0) is 14.8 Å². The maximum atomic E-state index is 12.9. The Morgan fingerprint density at radius 2 is 1.78 bits per heavy atom. The van der Waals surface area contributed by atoms with Crippen LogP contribution in [0.4, 0.5) is 11.4 Å². The minimum absolute atomic E-state index is 0.147. The van der Waals surface area contributed by atoms with Gasteiger partial charge in [0.25, 0.3) is 5.91 Å². The van der Waals surface area contributed by atoms with Crippen molar-refractivity contribution in [2.24, 2.45) is 5.92 Å². The summed E-state index contributed by atoms with van der Waals surface area (Å²) in [7, 11) is -3.26. The number of rotatable bonds is 8. The molecule has 2 aromatic rings. The number of nitrogens with zero attached hydrogens (tertiary/aromatic N) is 1. The van der Waals surface area contributed by atoms with Crippen molar-refractivity contribution in [3.63, 3.8) is 0 Å². The van der Waals surface area contributed by atoms with Gasteiger partial charge in [-0.2, -0.15) is 0 Å². The molecule has 1 aliphatic heterocycles. The van der Waals surface area contributed by atoms with Crippen molar-refractivity contribution in [3.8, 4) is 5.75 Å². The summed E-state index contributed by atoms with van der Waals surface area (Å²) in [5.74, 6) is -0.301. The standard InChI is InChI=1S/C23H29N3O5S/c1-4-31-20-9-6-5-8-19(20)22(27)25-21(16(2)3)23(28)24-17-10-12-18(13-11-17)26-14-7-15-32(26,29)30/h5-6,8-13,16,21H,4,7,14-15H2,1-3H3,(H,24,28)(H,25,27)/t21-/m0/s1. The van der Waals surface area contributed by atoms with Gasteiger partial charge >= 0.3 is 0 Å². The molecule has 0 bridgehead atoms. The van der Waals surface area contributed by atoms with Crippen molar-refractivity contribution in [1.29, 1.82) is 0 Å². The predicted molar refractivity (Wildman–Crippen MR) is 125 cm³/mol. The first-order valence-electron chi connectivity index (χ1n) is 10.7. The summed E-state index contributed by atoms with van der Waals surface area (Å²) < 4.78 is 31.1. The number of benzene rings is 2. The molecular formula is C23H29N3O5S. The van der Waals surface area contributed by atoms with E-state index >= 15 is 0 Å². The molecule has 32 heavy (non-hydrogen) atoms. The van der Waals surface area contributed by atoms with Crippen molar-refractivity contribution in [3.05, 3.63) is 54.1 Å². The van der Waals surface area contributed by atoms with E-state index < -0.39 is 22.0 Å². The van der Waals surface area contributed by atoms with Gasteiger partial charge in [-0.1, -0.05) is 26.0 Å². The van der Waals surface area contributed by atoms with Crippen LogP contribution < -0.4 is 19.7 Å². The lowest BCUT2D eigenvalue weighted by Crippen LogP contribution is -2.47. The molecule has 172 valence electrons. The van der Waals surface area contributed by atoms with Gasteiger partial charge in [0.1, 0.15) is 11.8 Å². The summed E-state index contributed by atoms with van der Waals surface area (Å²) in [5, 5.41) is 5.61. The predicted octanol–water partition coefficient (Wildman–Crippen LogP) is 3.02. The van der Waals surface area contributed by atoms with E-state index in [1.807, 2.05) is 20.8 Å². The molecule has 0 aliphatic carbocycles. The second-order valence-corrected chi connectivity index (χ2v) is 9.91. The van der Waals surface area contributed by atoms with E-state index in [1.165, 1.54) is 4.31 Å². The molecule has 1 aliphatic rings. The van der Waals surface area contributed by atoms with Crippen molar-refractivity contribution in [2.75, 3.05) is 28.5 Å². The second kappa shape index (κ2) is 10.0. The topological polar surface area (TPSA) is 105 Å². The highest BCUT2D eigenvalue weighted by Gasteiger charge is 2.29. The third-order valence-electron chi connectivity index (χ3n) is 5.19. The Balaban J connectivity index is 1.70. The van der Waals surface area contributed by atoms with E-state index in [2.05, 4.69) is 10.6 Å². The zero-order valence-electron chi connectivity index (χ0n) is 18.5. The summed E-state index contributed by atoms with van der Waals surface area (Å²) in [5.41, 5.74) is 1.45. The van der Waals surface area contributed by atoms with Gasteiger partial charge in [0.2, 0.25) is 15.9 Å². The van der Waals surface area contributed by atoms with Crippen molar-refractivity contribution < 1.29 is 22.7 Å². The Morgan fingerprint density at radius 1 is 1.09 bits per heavy atom. The Hall–Kier alpha value is -3.07. The fourth-order valence-electron chi connectivity index (χ4n) is 3.55. The number of sulfonamides is 1. The molecule has 1 saturated heterocycles. The van der Waals surface area contributed by atoms with Gasteiger partial charge in [0.05, 0.1) is 23.6 Å². The van der Waals surface area contributed by atoms with E-state index in [1.54, 1.807) is 48.5 Å². The number of nitrogens with one attached hydrogen (secondary N) is 2. The zero-order valence-corrected chi connectivity index (χ0v) is 19.3. The van der Waals surface area contributed by atoms with Gasteiger partial charge in [-0.15, -0.1) is 0 Å². The monoisotopic (exact) mass is 459 g/mol. The molecular weight excluding hydrogens is 430 g/mol. The average Bonchev–Trinajstić information content (AvgIpc) is 3.11. The van der Waals surface area contributed by atoms with Gasteiger partial charge in [-0.3, -0.25) is 13.9 Å². The van der Waals surface area contributed by atoms with E-state index in [4.69, 9.17) is 4.74 Å². The molecule has 0 unspecified atom stereocenters. The van der Waals surface area contributed by atoms with Crippen molar-refractivity contribution in [2.45, 2.75) is 33.2 Å². The van der Waals surface area contributed by atoms with Crippen LogP contribution in [0.1, 0.15) is 37.6 Å². The maximum Gasteiger partial charge on any atom is 0.255 e. The second-order valence-electron chi connectivity index (χ2n) is 7.90. The number of para-hydroxylation sites is 1. The average molecular weight is 460 g/mol. The molecule has 0 radical (unpaired) electrons. The normalized spacial score (nSPS) is 15.9. The van der Waals surface area contributed by atoms with Gasteiger partial charge in [0, 0.05) is 12.2 Å². The lowest BCUT2D eigenvalue weighted by Gasteiger charge is -2.23. The highest BCUT2D eigenvalue weighted by Crippen LogP contribution is 2.25. The minimum Gasteiger partial charge on any atom is -0.493 e. The first-order valence-corrected chi connectivity index (χ1v) is 12.3. The molecule has 9 heteroatoms. The minimum atomic E-state index is -3.26. The van der Waals surface area contributed by atoms with Gasteiger partial charge in [-0.05, 0) is 55.7 Å².